The topological polar surface area (TPSA) is 58.6 Å². The first kappa shape index (κ1) is 17.5. The van der Waals surface area contributed by atoms with Gasteiger partial charge in [0.05, 0.1) is 12.2 Å². The molecule has 1 heterocycles. The summed E-state index contributed by atoms with van der Waals surface area (Å²) in [5.74, 6) is -0.210. The van der Waals surface area contributed by atoms with E-state index in [0.29, 0.717) is 12.8 Å². The Kier molecular flexibility index (Phi) is 6.16. The number of rotatable bonds is 6. The largest absolute Gasteiger partial charge is 0.375 e. The summed E-state index contributed by atoms with van der Waals surface area (Å²) in [6.45, 7) is 4.05. The van der Waals surface area contributed by atoms with Crippen LogP contribution in [0.4, 0.5) is 5.69 Å². The molecule has 0 aliphatic carbocycles. The highest BCUT2D eigenvalue weighted by atomic mass is 16.5. The predicted octanol–water partition coefficient (Wildman–Crippen LogP) is 2.42. The summed E-state index contributed by atoms with van der Waals surface area (Å²) in [6.07, 6.45) is 3.61. The van der Waals surface area contributed by atoms with E-state index < -0.39 is 0 Å². The van der Waals surface area contributed by atoms with Crippen LogP contribution in [0.3, 0.4) is 0 Å². The van der Waals surface area contributed by atoms with Crippen molar-refractivity contribution in [2.24, 2.45) is 0 Å². The normalized spacial score (nSPS) is 20.3. The highest BCUT2D eigenvalue weighted by Crippen LogP contribution is 2.25. The summed E-state index contributed by atoms with van der Waals surface area (Å²) < 4.78 is 5.77. The molecule has 0 bridgehead atoms. The SMILES string of the molecule is CNC(=O)CN(C(=O)CC[C@H]1CC[C@@H](C)O1)c1ccccc1C. The molecule has 0 saturated carbocycles. The van der Waals surface area contributed by atoms with E-state index >= 15 is 0 Å². The number of hydrogen-bond acceptors (Lipinski definition) is 3. The monoisotopic (exact) mass is 318 g/mol. The van der Waals surface area contributed by atoms with Gasteiger partial charge in [0.25, 0.3) is 0 Å². The molecule has 0 aromatic heterocycles. The lowest BCUT2D eigenvalue weighted by Gasteiger charge is -2.24. The van der Waals surface area contributed by atoms with Gasteiger partial charge in [0.2, 0.25) is 11.8 Å². The summed E-state index contributed by atoms with van der Waals surface area (Å²) in [7, 11) is 1.58. The Bertz CT molecular complexity index is 559. The maximum atomic E-state index is 12.7. The van der Waals surface area contributed by atoms with Crippen molar-refractivity contribution >= 4 is 17.5 Å². The Morgan fingerprint density at radius 3 is 2.65 bits per heavy atom. The number of hydrogen-bond donors (Lipinski definition) is 1. The standard InChI is InChI=1S/C18H26N2O3/c1-13-6-4-5-7-16(13)20(12-17(21)19-3)18(22)11-10-15-9-8-14(2)23-15/h4-7,14-15H,8-12H2,1-3H3,(H,19,21)/t14-,15-/m1/s1. The van der Waals surface area contributed by atoms with Crippen LogP contribution in [0, 0.1) is 6.92 Å². The zero-order valence-electron chi connectivity index (χ0n) is 14.2. The van der Waals surface area contributed by atoms with E-state index in [1.807, 2.05) is 31.2 Å². The minimum Gasteiger partial charge on any atom is -0.375 e. The molecule has 2 rings (SSSR count). The number of carbonyl (C=O) groups is 2. The Hall–Kier alpha value is -1.88. The number of para-hydroxylation sites is 1. The van der Waals surface area contributed by atoms with Crippen LogP contribution >= 0.6 is 0 Å². The highest BCUT2D eigenvalue weighted by molar-refractivity contribution is 5.99. The molecule has 23 heavy (non-hydrogen) atoms. The predicted molar refractivity (Wildman–Crippen MR) is 90.4 cm³/mol. The van der Waals surface area contributed by atoms with Crippen LogP contribution < -0.4 is 10.2 Å². The molecule has 1 aliphatic heterocycles. The Balaban J connectivity index is 2.05. The van der Waals surface area contributed by atoms with Gasteiger partial charge in [0.15, 0.2) is 0 Å². The van der Waals surface area contributed by atoms with E-state index in [1.54, 1.807) is 11.9 Å². The van der Waals surface area contributed by atoms with Gasteiger partial charge in [-0.3, -0.25) is 9.59 Å². The average Bonchev–Trinajstić information content (AvgIpc) is 2.96. The van der Waals surface area contributed by atoms with Gasteiger partial charge in [-0.2, -0.15) is 0 Å². The van der Waals surface area contributed by atoms with Crippen LogP contribution in [0.5, 0.6) is 0 Å². The van der Waals surface area contributed by atoms with Crippen molar-refractivity contribution in [1.82, 2.24) is 5.32 Å². The van der Waals surface area contributed by atoms with Crippen molar-refractivity contribution in [3.8, 4) is 0 Å². The van der Waals surface area contributed by atoms with Gasteiger partial charge in [-0.25, -0.2) is 0 Å². The number of nitrogens with one attached hydrogen (secondary N) is 1. The molecular weight excluding hydrogens is 292 g/mol. The molecule has 1 saturated heterocycles. The van der Waals surface area contributed by atoms with Crippen molar-refractivity contribution < 1.29 is 14.3 Å². The number of benzene rings is 1. The number of amides is 2. The quantitative estimate of drug-likeness (QED) is 0.876. The van der Waals surface area contributed by atoms with Crippen LogP contribution in [0.1, 0.15) is 38.2 Å². The van der Waals surface area contributed by atoms with Crippen molar-refractivity contribution in [3.63, 3.8) is 0 Å². The molecule has 1 aromatic rings. The number of ether oxygens (including phenoxy) is 1. The van der Waals surface area contributed by atoms with Crippen molar-refractivity contribution in [2.75, 3.05) is 18.5 Å². The van der Waals surface area contributed by atoms with Crippen LogP contribution in [-0.4, -0.2) is 37.6 Å². The third kappa shape index (κ3) is 4.79. The lowest BCUT2D eigenvalue weighted by Crippen LogP contribution is -2.40. The molecule has 0 radical (unpaired) electrons. The van der Waals surface area contributed by atoms with Gasteiger partial charge >= 0.3 is 0 Å². The second-order valence-electron chi connectivity index (χ2n) is 6.12. The highest BCUT2D eigenvalue weighted by Gasteiger charge is 2.25. The fourth-order valence-electron chi connectivity index (χ4n) is 2.91. The van der Waals surface area contributed by atoms with Gasteiger partial charge in [-0.15, -0.1) is 0 Å². The molecule has 126 valence electrons. The second-order valence-corrected chi connectivity index (χ2v) is 6.12. The molecule has 2 atom stereocenters. The van der Waals surface area contributed by atoms with Crippen molar-refractivity contribution in [2.45, 2.75) is 51.7 Å². The van der Waals surface area contributed by atoms with E-state index in [-0.39, 0.29) is 30.6 Å². The molecule has 1 aliphatic rings. The summed E-state index contributed by atoms with van der Waals surface area (Å²) >= 11 is 0. The van der Waals surface area contributed by atoms with Gasteiger partial charge < -0.3 is 15.0 Å². The first-order valence-electron chi connectivity index (χ1n) is 8.23. The molecule has 1 fully saturated rings. The maximum Gasteiger partial charge on any atom is 0.239 e. The van der Waals surface area contributed by atoms with Gasteiger partial charge in [-0.05, 0) is 44.7 Å². The van der Waals surface area contributed by atoms with Crippen LogP contribution in [0.15, 0.2) is 24.3 Å². The molecule has 0 unspecified atom stereocenters. The van der Waals surface area contributed by atoms with Crippen LogP contribution in [0.2, 0.25) is 0 Å². The molecule has 2 amide bonds. The van der Waals surface area contributed by atoms with Crippen molar-refractivity contribution in [3.05, 3.63) is 29.8 Å². The van der Waals surface area contributed by atoms with Crippen LogP contribution in [-0.2, 0) is 14.3 Å². The van der Waals surface area contributed by atoms with Gasteiger partial charge in [0, 0.05) is 19.2 Å². The third-order valence-corrected chi connectivity index (χ3v) is 4.29. The van der Waals surface area contributed by atoms with Crippen LogP contribution in [0.25, 0.3) is 0 Å². The average molecular weight is 318 g/mol. The smallest absolute Gasteiger partial charge is 0.239 e. The van der Waals surface area contributed by atoms with E-state index in [0.717, 1.165) is 24.1 Å². The number of aryl methyl sites for hydroxylation is 1. The zero-order chi connectivity index (χ0) is 16.8. The second kappa shape index (κ2) is 8.11. The van der Waals surface area contributed by atoms with E-state index in [2.05, 4.69) is 12.2 Å². The first-order chi connectivity index (χ1) is 11.0. The van der Waals surface area contributed by atoms with Gasteiger partial charge in [-0.1, -0.05) is 18.2 Å². The van der Waals surface area contributed by atoms with E-state index in [9.17, 15) is 9.59 Å². The molecule has 1 N–H and O–H groups in total. The summed E-state index contributed by atoms with van der Waals surface area (Å²) in [6, 6.07) is 7.63. The lowest BCUT2D eigenvalue weighted by atomic mass is 10.1. The van der Waals surface area contributed by atoms with E-state index in [4.69, 9.17) is 4.74 Å². The minimum atomic E-state index is -0.174. The molecule has 0 spiro atoms. The third-order valence-electron chi connectivity index (χ3n) is 4.29. The molecule has 1 aromatic carbocycles. The first-order valence-corrected chi connectivity index (χ1v) is 8.23. The molecule has 5 nitrogen and oxygen atoms in total. The summed E-state index contributed by atoms with van der Waals surface area (Å²) in [5.41, 5.74) is 1.78. The molecular formula is C18H26N2O3. The van der Waals surface area contributed by atoms with Crippen molar-refractivity contribution in [1.29, 1.82) is 0 Å². The fraction of sp³-hybridized carbons (Fsp3) is 0.556. The summed E-state index contributed by atoms with van der Waals surface area (Å²) in [4.78, 5) is 26.0. The van der Waals surface area contributed by atoms with Gasteiger partial charge in [0.1, 0.15) is 6.54 Å². The summed E-state index contributed by atoms with van der Waals surface area (Å²) in [5, 5.41) is 2.59. The Labute approximate surface area is 138 Å². The number of likely N-dealkylation sites (N-methyl/N-ethyl adjacent to an activating group) is 1. The number of carbonyl (C=O) groups excluding carboxylic acids is 2. The number of nitrogens with zero attached hydrogens (tertiary/aromatic N) is 1. The number of anilines is 1. The Morgan fingerprint density at radius 2 is 2.04 bits per heavy atom. The zero-order valence-corrected chi connectivity index (χ0v) is 14.2. The molecule has 5 heteroatoms. The minimum absolute atomic E-state index is 0.0361. The lowest BCUT2D eigenvalue weighted by molar-refractivity contribution is -0.123. The maximum absolute atomic E-state index is 12.7. The Morgan fingerprint density at radius 1 is 1.30 bits per heavy atom. The fourth-order valence-corrected chi connectivity index (χ4v) is 2.91. The van der Waals surface area contributed by atoms with E-state index in [1.165, 1.54) is 0 Å².